The molecule has 6 heteroatoms. The molecule has 0 radical (unpaired) electrons. The Labute approximate surface area is 160 Å². The Balaban J connectivity index is 1.82. The summed E-state index contributed by atoms with van der Waals surface area (Å²) < 4.78 is 5.90. The van der Waals surface area contributed by atoms with E-state index in [0.29, 0.717) is 19.0 Å². The Kier molecular flexibility index (Phi) is 9.43. The number of aliphatic imine (C=N–C) groups is 1. The first-order chi connectivity index (χ1) is 12.8. The van der Waals surface area contributed by atoms with Crippen molar-refractivity contribution in [3.63, 3.8) is 0 Å². The first kappa shape index (κ1) is 20.1. The van der Waals surface area contributed by atoms with Crippen LogP contribution in [-0.4, -0.2) is 36.5 Å². The molecule has 1 aromatic heterocycles. The maximum atomic E-state index is 5.90. The molecule has 0 aliphatic carbocycles. The summed E-state index contributed by atoms with van der Waals surface area (Å²) in [6, 6.07) is 14.0. The van der Waals surface area contributed by atoms with Gasteiger partial charge in [-0.15, -0.1) is 0 Å². The topological polar surface area (TPSA) is 58.5 Å². The quantitative estimate of drug-likeness (QED) is 0.380. The molecule has 0 aliphatic rings. The third-order valence-corrected chi connectivity index (χ3v) is 4.50. The molecule has 140 valence electrons. The van der Waals surface area contributed by atoms with Gasteiger partial charge >= 0.3 is 0 Å². The number of pyridine rings is 1. The van der Waals surface area contributed by atoms with Gasteiger partial charge in [-0.1, -0.05) is 36.4 Å². The largest absolute Gasteiger partial charge is 0.473 e. The Morgan fingerprint density at radius 3 is 2.73 bits per heavy atom. The lowest BCUT2D eigenvalue weighted by Gasteiger charge is -2.14. The van der Waals surface area contributed by atoms with E-state index in [0.717, 1.165) is 30.1 Å². The number of hydrogen-bond acceptors (Lipinski definition) is 4. The van der Waals surface area contributed by atoms with Gasteiger partial charge in [-0.05, 0) is 36.5 Å². The highest BCUT2D eigenvalue weighted by molar-refractivity contribution is 7.98. The number of unbranched alkanes of at least 4 members (excludes halogenated alkanes) is 1. The molecule has 1 aromatic carbocycles. The second kappa shape index (κ2) is 12.2. The summed E-state index contributed by atoms with van der Waals surface area (Å²) in [7, 11) is 1.79. The smallest absolute Gasteiger partial charge is 0.218 e. The van der Waals surface area contributed by atoms with Crippen LogP contribution in [0.3, 0.4) is 0 Å². The zero-order valence-corrected chi connectivity index (χ0v) is 16.4. The number of nitrogens with one attached hydrogen (secondary N) is 2. The summed E-state index contributed by atoms with van der Waals surface area (Å²) in [6.07, 6.45) is 6.24. The Bertz CT molecular complexity index is 664. The van der Waals surface area contributed by atoms with E-state index in [9.17, 15) is 0 Å². The SMILES string of the molecule is CN=C(NCCCCSC)NCc1cccnc1OCc1ccccc1. The first-order valence-corrected chi connectivity index (χ1v) is 10.3. The average molecular weight is 373 g/mol. The van der Waals surface area contributed by atoms with Crippen molar-refractivity contribution in [2.75, 3.05) is 25.6 Å². The normalized spacial score (nSPS) is 11.2. The van der Waals surface area contributed by atoms with Crippen LogP contribution in [0.5, 0.6) is 5.88 Å². The molecule has 0 bridgehead atoms. The van der Waals surface area contributed by atoms with Gasteiger partial charge in [0.15, 0.2) is 5.96 Å². The number of nitrogens with zero attached hydrogens (tertiary/aromatic N) is 2. The van der Waals surface area contributed by atoms with Crippen molar-refractivity contribution in [2.45, 2.75) is 26.0 Å². The number of guanidine groups is 1. The lowest BCUT2D eigenvalue weighted by Crippen LogP contribution is -2.37. The molecule has 0 saturated carbocycles. The molecule has 26 heavy (non-hydrogen) atoms. The van der Waals surface area contributed by atoms with Gasteiger partial charge in [0.2, 0.25) is 5.88 Å². The lowest BCUT2D eigenvalue weighted by atomic mass is 10.2. The van der Waals surface area contributed by atoms with Crippen LogP contribution in [0.2, 0.25) is 0 Å². The molecule has 2 aromatic rings. The van der Waals surface area contributed by atoms with Crippen LogP contribution in [0.15, 0.2) is 53.7 Å². The fourth-order valence-corrected chi connectivity index (χ4v) is 2.89. The van der Waals surface area contributed by atoms with Gasteiger partial charge in [-0.2, -0.15) is 11.8 Å². The molecule has 0 amide bonds. The van der Waals surface area contributed by atoms with Crippen LogP contribution in [0, 0.1) is 0 Å². The summed E-state index contributed by atoms with van der Waals surface area (Å²) in [6.45, 7) is 2.04. The van der Waals surface area contributed by atoms with E-state index in [1.165, 1.54) is 12.2 Å². The van der Waals surface area contributed by atoms with Gasteiger partial charge in [0.1, 0.15) is 6.61 Å². The third-order valence-electron chi connectivity index (χ3n) is 3.81. The fourth-order valence-electron chi connectivity index (χ4n) is 2.39. The van der Waals surface area contributed by atoms with Gasteiger partial charge in [0, 0.05) is 31.9 Å². The van der Waals surface area contributed by atoms with Crippen molar-refractivity contribution in [3.05, 3.63) is 59.8 Å². The van der Waals surface area contributed by atoms with Crippen molar-refractivity contribution in [2.24, 2.45) is 4.99 Å². The minimum Gasteiger partial charge on any atom is -0.473 e. The highest BCUT2D eigenvalue weighted by Crippen LogP contribution is 2.15. The van der Waals surface area contributed by atoms with E-state index >= 15 is 0 Å². The Morgan fingerprint density at radius 2 is 1.96 bits per heavy atom. The van der Waals surface area contributed by atoms with Crippen molar-refractivity contribution >= 4 is 17.7 Å². The molecule has 0 saturated heterocycles. The van der Waals surface area contributed by atoms with E-state index in [4.69, 9.17) is 4.74 Å². The van der Waals surface area contributed by atoms with E-state index in [2.05, 4.69) is 26.9 Å². The molecule has 0 spiro atoms. The number of ether oxygens (including phenoxy) is 1. The molecule has 2 rings (SSSR count). The van der Waals surface area contributed by atoms with E-state index in [1.54, 1.807) is 13.2 Å². The van der Waals surface area contributed by atoms with Crippen molar-refractivity contribution in [1.82, 2.24) is 15.6 Å². The Morgan fingerprint density at radius 1 is 1.12 bits per heavy atom. The second-order valence-electron chi connectivity index (χ2n) is 5.79. The molecule has 5 nitrogen and oxygen atoms in total. The molecule has 0 atom stereocenters. The molecular weight excluding hydrogens is 344 g/mol. The number of thioether (sulfide) groups is 1. The second-order valence-corrected chi connectivity index (χ2v) is 6.78. The molecule has 1 heterocycles. The molecule has 2 N–H and O–H groups in total. The zero-order chi connectivity index (χ0) is 18.5. The van der Waals surface area contributed by atoms with E-state index < -0.39 is 0 Å². The van der Waals surface area contributed by atoms with Crippen LogP contribution in [-0.2, 0) is 13.2 Å². The molecule has 0 unspecified atom stereocenters. The summed E-state index contributed by atoms with van der Waals surface area (Å²) in [5, 5.41) is 6.67. The van der Waals surface area contributed by atoms with Gasteiger partial charge in [-0.3, -0.25) is 4.99 Å². The predicted molar refractivity (Wildman–Crippen MR) is 111 cm³/mol. The highest BCUT2D eigenvalue weighted by atomic mass is 32.2. The number of benzene rings is 1. The summed E-state index contributed by atoms with van der Waals surface area (Å²) >= 11 is 1.88. The standard InChI is InChI=1S/C20H28N4OS/c1-21-20(23-12-6-7-14-26-2)24-15-18-11-8-13-22-19(18)25-16-17-9-4-3-5-10-17/h3-5,8-11,13H,6-7,12,14-16H2,1-2H3,(H2,21,23,24). The zero-order valence-electron chi connectivity index (χ0n) is 15.6. The fraction of sp³-hybridized carbons (Fsp3) is 0.400. The number of rotatable bonds is 10. The minimum absolute atomic E-state index is 0.507. The van der Waals surface area contributed by atoms with Crippen LogP contribution < -0.4 is 15.4 Å². The van der Waals surface area contributed by atoms with Gasteiger partial charge in [0.25, 0.3) is 0 Å². The van der Waals surface area contributed by atoms with Crippen molar-refractivity contribution in [3.8, 4) is 5.88 Å². The van der Waals surface area contributed by atoms with E-state index in [-0.39, 0.29) is 0 Å². The molecule has 0 aliphatic heterocycles. The monoisotopic (exact) mass is 372 g/mol. The minimum atomic E-state index is 0.507. The highest BCUT2D eigenvalue weighted by Gasteiger charge is 2.06. The van der Waals surface area contributed by atoms with Crippen LogP contribution in [0.1, 0.15) is 24.0 Å². The van der Waals surface area contributed by atoms with Gasteiger partial charge in [0.05, 0.1) is 0 Å². The number of aromatic nitrogens is 1. The van der Waals surface area contributed by atoms with Crippen molar-refractivity contribution < 1.29 is 4.74 Å². The van der Waals surface area contributed by atoms with E-state index in [1.807, 2.05) is 54.2 Å². The summed E-state index contributed by atoms with van der Waals surface area (Å²) in [4.78, 5) is 8.64. The summed E-state index contributed by atoms with van der Waals surface area (Å²) in [5.74, 6) is 2.65. The predicted octanol–water partition coefficient (Wildman–Crippen LogP) is 3.47. The first-order valence-electron chi connectivity index (χ1n) is 8.87. The number of hydrogen-bond donors (Lipinski definition) is 2. The maximum absolute atomic E-state index is 5.90. The maximum Gasteiger partial charge on any atom is 0.218 e. The van der Waals surface area contributed by atoms with Crippen molar-refractivity contribution in [1.29, 1.82) is 0 Å². The summed E-state index contributed by atoms with van der Waals surface area (Å²) in [5.41, 5.74) is 2.13. The Hall–Kier alpha value is -2.21. The van der Waals surface area contributed by atoms with Crippen LogP contribution in [0.4, 0.5) is 0 Å². The average Bonchev–Trinajstić information content (AvgIpc) is 2.70. The van der Waals surface area contributed by atoms with Gasteiger partial charge in [-0.25, -0.2) is 4.98 Å². The molecule has 0 fully saturated rings. The lowest BCUT2D eigenvalue weighted by molar-refractivity contribution is 0.290. The van der Waals surface area contributed by atoms with Crippen LogP contribution >= 0.6 is 11.8 Å². The molecular formula is C20H28N4OS. The van der Waals surface area contributed by atoms with Crippen LogP contribution in [0.25, 0.3) is 0 Å². The third kappa shape index (κ3) is 7.35. The van der Waals surface area contributed by atoms with Gasteiger partial charge < -0.3 is 15.4 Å².